The molecule has 26 heavy (non-hydrogen) atoms. The Balaban J connectivity index is 1.60. The number of ether oxygens (including phenoxy) is 2. The standard InChI is InChI=1S/C21H22ClNO3/c1-13(14-3-4-14)23(17-6-8-18(25-2)9-7-17)21(24)20-12-15-11-16(22)5-10-19(15)26-20/h5-11,13-14,20H,3-4,12H2,1-2H3/t13-,20+/m1/s1. The lowest BCUT2D eigenvalue weighted by Gasteiger charge is -2.31. The Hall–Kier alpha value is -2.20. The van der Waals surface area contributed by atoms with Crippen LogP contribution in [-0.2, 0) is 11.2 Å². The molecule has 1 saturated carbocycles. The summed E-state index contributed by atoms with van der Waals surface area (Å²) in [4.78, 5) is 15.3. The first-order chi connectivity index (χ1) is 12.6. The van der Waals surface area contributed by atoms with Crippen LogP contribution in [0.5, 0.6) is 11.5 Å². The van der Waals surface area contributed by atoms with Crippen LogP contribution in [-0.4, -0.2) is 25.2 Å². The zero-order chi connectivity index (χ0) is 18.3. The van der Waals surface area contributed by atoms with Gasteiger partial charge in [0.25, 0.3) is 5.91 Å². The van der Waals surface area contributed by atoms with Crippen molar-refractivity contribution in [2.75, 3.05) is 12.0 Å². The van der Waals surface area contributed by atoms with E-state index in [0.29, 0.717) is 17.4 Å². The maximum atomic E-state index is 13.4. The first-order valence-electron chi connectivity index (χ1n) is 8.99. The normalized spacial score (nSPS) is 19.4. The van der Waals surface area contributed by atoms with Gasteiger partial charge in [-0.1, -0.05) is 11.6 Å². The number of fused-ring (bicyclic) bond motifs is 1. The molecule has 5 heteroatoms. The summed E-state index contributed by atoms with van der Waals surface area (Å²) in [5.74, 6) is 2.09. The average Bonchev–Trinajstić information content (AvgIpc) is 3.42. The number of methoxy groups -OCH3 is 1. The molecule has 1 aliphatic heterocycles. The van der Waals surface area contributed by atoms with Crippen molar-refractivity contribution in [3.63, 3.8) is 0 Å². The molecule has 0 saturated heterocycles. The van der Waals surface area contributed by atoms with Crippen LogP contribution in [0.2, 0.25) is 5.02 Å². The summed E-state index contributed by atoms with van der Waals surface area (Å²) < 4.78 is 11.2. The fourth-order valence-corrected chi connectivity index (χ4v) is 3.80. The Labute approximate surface area is 158 Å². The number of nitrogens with zero attached hydrogens (tertiary/aromatic N) is 1. The zero-order valence-corrected chi connectivity index (χ0v) is 15.7. The second kappa shape index (κ2) is 6.84. The van der Waals surface area contributed by atoms with E-state index in [1.54, 1.807) is 13.2 Å². The third-order valence-electron chi connectivity index (χ3n) is 5.27. The van der Waals surface area contributed by atoms with Crippen LogP contribution >= 0.6 is 11.6 Å². The molecule has 0 spiro atoms. The summed E-state index contributed by atoms with van der Waals surface area (Å²) in [6.07, 6.45) is 2.38. The fraction of sp³-hybridized carbons (Fsp3) is 0.381. The monoisotopic (exact) mass is 371 g/mol. The first kappa shape index (κ1) is 17.2. The van der Waals surface area contributed by atoms with Crippen molar-refractivity contribution in [1.29, 1.82) is 0 Å². The predicted molar refractivity (Wildman–Crippen MR) is 102 cm³/mol. The van der Waals surface area contributed by atoms with Crippen LogP contribution in [0.3, 0.4) is 0 Å². The van der Waals surface area contributed by atoms with Crippen molar-refractivity contribution in [2.45, 2.75) is 38.3 Å². The SMILES string of the molecule is COc1ccc(N(C(=O)[C@@H]2Cc3cc(Cl)ccc3O2)[C@H](C)C2CC2)cc1. The number of halogens is 1. The molecule has 0 aromatic heterocycles. The van der Waals surface area contributed by atoms with Crippen LogP contribution in [0.15, 0.2) is 42.5 Å². The summed E-state index contributed by atoms with van der Waals surface area (Å²) in [6, 6.07) is 13.3. The van der Waals surface area contributed by atoms with Gasteiger partial charge in [-0.3, -0.25) is 4.79 Å². The number of anilines is 1. The molecule has 2 aliphatic rings. The quantitative estimate of drug-likeness (QED) is 0.777. The molecule has 2 aromatic rings. The molecule has 1 fully saturated rings. The Bertz CT molecular complexity index is 817. The third kappa shape index (κ3) is 3.26. The lowest BCUT2D eigenvalue weighted by molar-refractivity contribution is -0.125. The van der Waals surface area contributed by atoms with Gasteiger partial charge in [0.2, 0.25) is 0 Å². The van der Waals surface area contributed by atoms with E-state index in [9.17, 15) is 4.79 Å². The highest BCUT2D eigenvalue weighted by molar-refractivity contribution is 6.30. The van der Waals surface area contributed by atoms with E-state index in [4.69, 9.17) is 21.1 Å². The molecular weight excluding hydrogens is 350 g/mol. The molecular formula is C21H22ClNO3. The second-order valence-corrected chi connectivity index (χ2v) is 7.48. The van der Waals surface area contributed by atoms with Gasteiger partial charge in [0.05, 0.1) is 7.11 Å². The van der Waals surface area contributed by atoms with Crippen molar-refractivity contribution in [1.82, 2.24) is 0 Å². The largest absolute Gasteiger partial charge is 0.497 e. The highest BCUT2D eigenvalue weighted by Gasteiger charge is 2.40. The highest BCUT2D eigenvalue weighted by atomic mass is 35.5. The van der Waals surface area contributed by atoms with E-state index in [-0.39, 0.29) is 11.9 Å². The highest BCUT2D eigenvalue weighted by Crippen LogP contribution is 2.39. The van der Waals surface area contributed by atoms with Gasteiger partial charge in [-0.05, 0) is 73.7 Å². The van der Waals surface area contributed by atoms with Crippen molar-refractivity contribution < 1.29 is 14.3 Å². The summed E-state index contributed by atoms with van der Waals surface area (Å²) in [6.45, 7) is 2.12. The van der Waals surface area contributed by atoms with Gasteiger partial charge in [-0.2, -0.15) is 0 Å². The Kier molecular flexibility index (Phi) is 4.53. The average molecular weight is 372 g/mol. The number of hydrogen-bond acceptors (Lipinski definition) is 3. The Morgan fingerprint density at radius 3 is 2.62 bits per heavy atom. The van der Waals surface area contributed by atoms with E-state index in [1.165, 1.54) is 12.8 Å². The molecule has 136 valence electrons. The summed E-state index contributed by atoms with van der Waals surface area (Å²) in [5, 5.41) is 0.666. The van der Waals surface area contributed by atoms with Gasteiger partial charge in [0, 0.05) is 23.2 Å². The van der Waals surface area contributed by atoms with Crippen molar-refractivity contribution in [3.8, 4) is 11.5 Å². The van der Waals surface area contributed by atoms with Gasteiger partial charge in [-0.25, -0.2) is 0 Å². The molecule has 1 heterocycles. The molecule has 2 atom stereocenters. The first-order valence-corrected chi connectivity index (χ1v) is 9.37. The summed E-state index contributed by atoms with van der Waals surface area (Å²) in [5.41, 5.74) is 1.87. The molecule has 1 amide bonds. The number of carbonyl (C=O) groups excluding carboxylic acids is 1. The predicted octanol–water partition coefficient (Wildman–Crippen LogP) is 4.48. The minimum Gasteiger partial charge on any atom is -0.497 e. The van der Waals surface area contributed by atoms with E-state index < -0.39 is 6.10 Å². The van der Waals surface area contributed by atoms with Crippen LogP contribution < -0.4 is 14.4 Å². The minimum atomic E-state index is -0.508. The topological polar surface area (TPSA) is 38.8 Å². The van der Waals surface area contributed by atoms with Gasteiger partial charge in [0.1, 0.15) is 11.5 Å². The third-order valence-corrected chi connectivity index (χ3v) is 5.51. The van der Waals surface area contributed by atoms with Crippen molar-refractivity contribution in [3.05, 3.63) is 53.1 Å². The molecule has 4 nitrogen and oxygen atoms in total. The zero-order valence-electron chi connectivity index (χ0n) is 14.9. The lowest BCUT2D eigenvalue weighted by atomic mass is 10.1. The molecule has 2 aromatic carbocycles. The number of rotatable bonds is 5. The van der Waals surface area contributed by atoms with Gasteiger partial charge >= 0.3 is 0 Å². The second-order valence-electron chi connectivity index (χ2n) is 7.05. The molecule has 0 bridgehead atoms. The molecule has 0 N–H and O–H groups in total. The molecule has 0 unspecified atom stereocenters. The van der Waals surface area contributed by atoms with Gasteiger partial charge in [-0.15, -0.1) is 0 Å². The molecule has 4 rings (SSSR count). The Morgan fingerprint density at radius 1 is 1.23 bits per heavy atom. The van der Waals surface area contributed by atoms with Gasteiger partial charge < -0.3 is 14.4 Å². The summed E-state index contributed by atoms with van der Waals surface area (Å²) >= 11 is 6.08. The Morgan fingerprint density at radius 2 is 1.96 bits per heavy atom. The molecule has 0 radical (unpaired) electrons. The number of amides is 1. The van der Waals surface area contributed by atoms with Crippen molar-refractivity contribution in [2.24, 2.45) is 5.92 Å². The lowest BCUT2D eigenvalue weighted by Crippen LogP contribution is -2.47. The number of benzene rings is 2. The van der Waals surface area contributed by atoms with E-state index >= 15 is 0 Å². The minimum absolute atomic E-state index is 0.00175. The van der Waals surface area contributed by atoms with Crippen LogP contribution in [0.1, 0.15) is 25.3 Å². The van der Waals surface area contributed by atoms with E-state index in [2.05, 4.69) is 6.92 Å². The maximum absolute atomic E-state index is 13.4. The van der Waals surface area contributed by atoms with Crippen LogP contribution in [0.4, 0.5) is 5.69 Å². The molecule has 1 aliphatic carbocycles. The number of hydrogen-bond donors (Lipinski definition) is 0. The van der Waals surface area contributed by atoms with Crippen LogP contribution in [0.25, 0.3) is 0 Å². The maximum Gasteiger partial charge on any atom is 0.268 e. The van der Waals surface area contributed by atoms with Crippen LogP contribution in [0, 0.1) is 5.92 Å². The fourth-order valence-electron chi connectivity index (χ4n) is 3.61. The summed E-state index contributed by atoms with van der Waals surface area (Å²) in [7, 11) is 1.64. The van der Waals surface area contributed by atoms with E-state index in [0.717, 1.165) is 22.7 Å². The smallest absolute Gasteiger partial charge is 0.268 e. The number of carbonyl (C=O) groups is 1. The van der Waals surface area contributed by atoms with E-state index in [1.807, 2.05) is 41.3 Å². The van der Waals surface area contributed by atoms with Gasteiger partial charge in [0.15, 0.2) is 6.10 Å². The van der Waals surface area contributed by atoms with Crippen molar-refractivity contribution >= 4 is 23.2 Å².